The van der Waals surface area contributed by atoms with E-state index in [-0.39, 0.29) is 24.0 Å². The first-order valence-electron chi connectivity index (χ1n) is 9.69. The molecule has 1 aliphatic heterocycles. The molecule has 2 rings (SSSR count). The van der Waals surface area contributed by atoms with Crippen molar-refractivity contribution in [3.05, 3.63) is 0 Å². The first kappa shape index (κ1) is 23.1. The van der Waals surface area contributed by atoms with Crippen molar-refractivity contribution in [3.8, 4) is 0 Å². The van der Waals surface area contributed by atoms with Crippen molar-refractivity contribution < 1.29 is 4.21 Å². The standard InChI is InChI=1S/C18H36N4OS.HI/c1-4-24(23)17-9-7-8-16(12-17)21-18(19-3)20-13-15(2)14-22-10-5-6-11-22;/h15-17H,4-14H2,1-3H3,(H2,19,20,21);1H. The zero-order valence-electron chi connectivity index (χ0n) is 16.1. The lowest BCUT2D eigenvalue weighted by Gasteiger charge is -2.30. The Bertz CT molecular complexity index is 429. The molecule has 0 radical (unpaired) electrons. The van der Waals surface area contributed by atoms with Crippen LogP contribution >= 0.6 is 24.0 Å². The number of hydrogen-bond donors (Lipinski definition) is 2. The predicted molar refractivity (Wildman–Crippen MR) is 119 cm³/mol. The quantitative estimate of drug-likeness (QED) is 0.332. The number of aliphatic imine (C=N–C) groups is 1. The molecule has 0 aromatic rings. The molecule has 1 heterocycles. The van der Waals surface area contributed by atoms with Gasteiger partial charge in [0.15, 0.2) is 5.96 Å². The summed E-state index contributed by atoms with van der Waals surface area (Å²) >= 11 is 0. The lowest BCUT2D eigenvalue weighted by molar-refractivity contribution is 0.287. The summed E-state index contributed by atoms with van der Waals surface area (Å²) in [6.45, 7) is 8.97. The van der Waals surface area contributed by atoms with Crippen molar-refractivity contribution >= 4 is 40.7 Å². The minimum Gasteiger partial charge on any atom is -0.356 e. The molecule has 2 N–H and O–H groups in total. The van der Waals surface area contributed by atoms with Crippen molar-refractivity contribution in [1.82, 2.24) is 15.5 Å². The lowest BCUT2D eigenvalue weighted by Crippen LogP contribution is -2.48. The van der Waals surface area contributed by atoms with Gasteiger partial charge in [-0.05, 0) is 51.1 Å². The van der Waals surface area contributed by atoms with Crippen LogP contribution in [0.25, 0.3) is 0 Å². The molecular formula is C18H37IN4OS. The molecule has 0 aromatic heterocycles. The Balaban J connectivity index is 0.00000312. The van der Waals surface area contributed by atoms with E-state index in [4.69, 9.17) is 0 Å². The van der Waals surface area contributed by atoms with E-state index in [2.05, 4.69) is 27.4 Å². The molecule has 0 bridgehead atoms. The summed E-state index contributed by atoms with van der Waals surface area (Å²) in [5.41, 5.74) is 0. The Hall–Kier alpha value is 0.110. The van der Waals surface area contributed by atoms with Gasteiger partial charge in [0.25, 0.3) is 0 Å². The molecule has 0 aromatic carbocycles. The maximum Gasteiger partial charge on any atom is 0.191 e. The van der Waals surface area contributed by atoms with E-state index >= 15 is 0 Å². The van der Waals surface area contributed by atoms with Gasteiger partial charge in [-0.3, -0.25) is 9.20 Å². The highest BCUT2D eigenvalue weighted by Gasteiger charge is 2.26. The SMILES string of the molecule is CCS(=O)C1CCCC(NC(=NC)NCC(C)CN2CCCC2)C1.I. The number of likely N-dealkylation sites (tertiary alicyclic amines) is 1. The van der Waals surface area contributed by atoms with Crippen LogP contribution in [0.1, 0.15) is 52.4 Å². The van der Waals surface area contributed by atoms with Crippen molar-refractivity contribution in [2.75, 3.05) is 39.0 Å². The number of nitrogens with zero attached hydrogens (tertiary/aromatic N) is 2. The molecule has 25 heavy (non-hydrogen) atoms. The zero-order valence-corrected chi connectivity index (χ0v) is 19.3. The van der Waals surface area contributed by atoms with E-state index in [0.29, 0.717) is 17.2 Å². The van der Waals surface area contributed by atoms with E-state index in [9.17, 15) is 4.21 Å². The average Bonchev–Trinajstić information content (AvgIpc) is 3.11. The van der Waals surface area contributed by atoms with Gasteiger partial charge in [-0.2, -0.15) is 0 Å². The number of rotatable bonds is 7. The molecule has 1 aliphatic carbocycles. The van der Waals surface area contributed by atoms with Crippen molar-refractivity contribution in [1.29, 1.82) is 0 Å². The van der Waals surface area contributed by atoms with E-state index in [1.165, 1.54) is 32.5 Å². The highest BCUT2D eigenvalue weighted by atomic mass is 127. The van der Waals surface area contributed by atoms with Crippen LogP contribution in [0.2, 0.25) is 0 Å². The van der Waals surface area contributed by atoms with Crippen LogP contribution in [-0.4, -0.2) is 65.3 Å². The third-order valence-corrected chi connectivity index (χ3v) is 6.97. The number of halogens is 1. The van der Waals surface area contributed by atoms with Gasteiger partial charge in [0, 0.05) is 48.0 Å². The topological polar surface area (TPSA) is 56.7 Å². The van der Waals surface area contributed by atoms with Crippen LogP contribution in [0.15, 0.2) is 4.99 Å². The molecule has 2 aliphatic rings. The van der Waals surface area contributed by atoms with Crippen LogP contribution in [0.4, 0.5) is 0 Å². The van der Waals surface area contributed by atoms with Gasteiger partial charge < -0.3 is 15.5 Å². The zero-order chi connectivity index (χ0) is 17.4. The fourth-order valence-electron chi connectivity index (χ4n) is 3.88. The second kappa shape index (κ2) is 12.5. The van der Waals surface area contributed by atoms with Crippen LogP contribution < -0.4 is 10.6 Å². The molecule has 4 unspecified atom stereocenters. The molecule has 148 valence electrons. The van der Waals surface area contributed by atoms with Gasteiger partial charge in [0.05, 0.1) is 0 Å². The molecule has 7 heteroatoms. The van der Waals surface area contributed by atoms with Crippen LogP contribution in [0.3, 0.4) is 0 Å². The summed E-state index contributed by atoms with van der Waals surface area (Å²) in [5, 5.41) is 7.39. The third-order valence-electron chi connectivity index (χ3n) is 5.23. The second-order valence-corrected chi connectivity index (χ2v) is 9.37. The normalized spacial score (nSPS) is 27.4. The maximum atomic E-state index is 12.1. The third kappa shape index (κ3) is 8.12. The molecule has 4 atom stereocenters. The van der Waals surface area contributed by atoms with Gasteiger partial charge in [-0.25, -0.2) is 0 Å². The Morgan fingerprint density at radius 2 is 2.00 bits per heavy atom. The van der Waals surface area contributed by atoms with Crippen LogP contribution in [0.5, 0.6) is 0 Å². The maximum absolute atomic E-state index is 12.1. The minimum atomic E-state index is -0.671. The Morgan fingerprint density at radius 3 is 2.64 bits per heavy atom. The summed E-state index contributed by atoms with van der Waals surface area (Å²) in [6.07, 6.45) is 7.14. The first-order valence-corrected chi connectivity index (χ1v) is 11.1. The average molecular weight is 484 g/mol. The van der Waals surface area contributed by atoms with Gasteiger partial charge in [-0.1, -0.05) is 20.3 Å². The Morgan fingerprint density at radius 1 is 1.28 bits per heavy atom. The molecule has 1 saturated heterocycles. The van der Waals surface area contributed by atoms with Gasteiger partial charge >= 0.3 is 0 Å². The predicted octanol–water partition coefficient (Wildman–Crippen LogP) is 2.58. The Labute approximate surface area is 173 Å². The minimum absolute atomic E-state index is 0. The molecule has 0 amide bonds. The number of guanidine groups is 1. The Kier molecular flexibility index (Phi) is 11.6. The van der Waals surface area contributed by atoms with Gasteiger partial charge in [0.2, 0.25) is 0 Å². The largest absolute Gasteiger partial charge is 0.356 e. The van der Waals surface area contributed by atoms with E-state index in [1.807, 2.05) is 14.0 Å². The smallest absolute Gasteiger partial charge is 0.191 e. The van der Waals surface area contributed by atoms with Crippen molar-refractivity contribution in [3.63, 3.8) is 0 Å². The van der Waals surface area contributed by atoms with Crippen molar-refractivity contribution in [2.24, 2.45) is 10.9 Å². The molecule has 0 spiro atoms. The summed E-state index contributed by atoms with van der Waals surface area (Å²) < 4.78 is 12.1. The fraction of sp³-hybridized carbons (Fsp3) is 0.944. The molecule has 5 nitrogen and oxygen atoms in total. The van der Waals surface area contributed by atoms with Crippen molar-refractivity contribution in [2.45, 2.75) is 63.7 Å². The fourth-order valence-corrected chi connectivity index (χ4v) is 5.23. The van der Waals surface area contributed by atoms with E-state index < -0.39 is 10.8 Å². The van der Waals surface area contributed by atoms with Gasteiger partial charge in [0.1, 0.15) is 0 Å². The highest BCUT2D eigenvalue weighted by molar-refractivity contribution is 14.0. The van der Waals surface area contributed by atoms with Crippen LogP contribution in [0, 0.1) is 5.92 Å². The summed E-state index contributed by atoms with van der Waals surface area (Å²) in [5.74, 6) is 2.29. The molecule has 1 saturated carbocycles. The van der Waals surface area contributed by atoms with Gasteiger partial charge in [-0.15, -0.1) is 24.0 Å². The second-order valence-electron chi connectivity index (χ2n) is 7.37. The molecule has 2 fully saturated rings. The van der Waals surface area contributed by atoms with Crippen LogP contribution in [-0.2, 0) is 10.8 Å². The first-order chi connectivity index (χ1) is 11.6. The highest BCUT2D eigenvalue weighted by Crippen LogP contribution is 2.23. The van der Waals surface area contributed by atoms with E-state index in [0.717, 1.165) is 43.9 Å². The summed E-state index contributed by atoms with van der Waals surface area (Å²) in [6, 6.07) is 0.402. The van der Waals surface area contributed by atoms with E-state index in [1.54, 1.807) is 0 Å². The summed E-state index contributed by atoms with van der Waals surface area (Å²) in [4.78, 5) is 6.94. The summed E-state index contributed by atoms with van der Waals surface area (Å²) in [7, 11) is 1.17. The number of nitrogens with one attached hydrogen (secondary N) is 2. The monoisotopic (exact) mass is 484 g/mol. The number of hydrogen-bond acceptors (Lipinski definition) is 3. The molecular weight excluding hydrogens is 447 g/mol. The lowest BCUT2D eigenvalue weighted by atomic mass is 9.95.